The zero-order valence-corrected chi connectivity index (χ0v) is 13.0. The maximum atomic E-state index is 5.92. The van der Waals surface area contributed by atoms with Crippen LogP contribution in [0.1, 0.15) is 31.4 Å². The first-order valence-corrected chi connectivity index (χ1v) is 7.65. The first-order chi connectivity index (χ1) is 9.69. The van der Waals surface area contributed by atoms with Gasteiger partial charge in [-0.2, -0.15) is 0 Å². The molecule has 0 amide bonds. The lowest BCUT2D eigenvalue weighted by Gasteiger charge is -2.18. The van der Waals surface area contributed by atoms with Gasteiger partial charge in [0, 0.05) is 16.8 Å². The van der Waals surface area contributed by atoms with E-state index in [1.807, 2.05) is 12.1 Å². The molecule has 0 bridgehead atoms. The van der Waals surface area contributed by atoms with E-state index in [2.05, 4.69) is 55.6 Å². The summed E-state index contributed by atoms with van der Waals surface area (Å²) in [4.78, 5) is 0. The molecule has 0 spiro atoms. The van der Waals surface area contributed by atoms with Crippen LogP contribution in [0.2, 0.25) is 5.02 Å². The average molecular weight is 288 g/mol. The van der Waals surface area contributed by atoms with E-state index in [0.717, 1.165) is 17.9 Å². The van der Waals surface area contributed by atoms with E-state index >= 15 is 0 Å². The van der Waals surface area contributed by atoms with Crippen molar-refractivity contribution in [1.82, 2.24) is 0 Å². The molecule has 2 aromatic rings. The quantitative estimate of drug-likeness (QED) is 0.756. The van der Waals surface area contributed by atoms with Crippen molar-refractivity contribution in [3.05, 3.63) is 64.7 Å². The second kappa shape index (κ2) is 7.35. The zero-order valence-electron chi connectivity index (χ0n) is 12.2. The SMILES string of the molecule is CCCc1ccccc1NC(C)Cc1ccc(Cl)cc1. The second-order valence-corrected chi connectivity index (χ2v) is 5.72. The van der Waals surface area contributed by atoms with Gasteiger partial charge >= 0.3 is 0 Å². The molecule has 20 heavy (non-hydrogen) atoms. The van der Waals surface area contributed by atoms with Gasteiger partial charge in [0.1, 0.15) is 0 Å². The molecule has 0 heterocycles. The van der Waals surface area contributed by atoms with Crippen molar-refractivity contribution in [3.63, 3.8) is 0 Å². The predicted molar refractivity (Wildman–Crippen MR) is 88.7 cm³/mol. The molecule has 0 aliphatic heterocycles. The summed E-state index contributed by atoms with van der Waals surface area (Å²) in [5.41, 5.74) is 3.97. The molecule has 0 saturated carbocycles. The third-order valence-corrected chi connectivity index (χ3v) is 3.65. The lowest BCUT2D eigenvalue weighted by Crippen LogP contribution is -2.19. The summed E-state index contributed by atoms with van der Waals surface area (Å²) in [6.45, 7) is 4.44. The molecule has 1 unspecified atom stereocenters. The number of benzene rings is 2. The fraction of sp³-hybridized carbons (Fsp3) is 0.333. The maximum absolute atomic E-state index is 5.92. The largest absolute Gasteiger partial charge is 0.382 e. The summed E-state index contributed by atoms with van der Waals surface area (Å²) in [6, 6.07) is 17.1. The highest BCUT2D eigenvalue weighted by molar-refractivity contribution is 6.30. The molecule has 0 aliphatic rings. The Morgan fingerprint density at radius 2 is 1.75 bits per heavy atom. The topological polar surface area (TPSA) is 12.0 Å². The van der Waals surface area contributed by atoms with Crippen LogP contribution >= 0.6 is 11.6 Å². The summed E-state index contributed by atoms with van der Waals surface area (Å²) < 4.78 is 0. The lowest BCUT2D eigenvalue weighted by molar-refractivity contribution is 0.785. The minimum absolute atomic E-state index is 0.397. The standard InChI is InChI=1S/C18H22ClN/c1-3-6-16-7-4-5-8-18(16)20-14(2)13-15-9-11-17(19)12-10-15/h4-5,7-12,14,20H,3,6,13H2,1-2H3. The third-order valence-electron chi connectivity index (χ3n) is 3.39. The molecule has 106 valence electrons. The van der Waals surface area contributed by atoms with Gasteiger partial charge in [0.25, 0.3) is 0 Å². The van der Waals surface area contributed by atoms with Crippen molar-refractivity contribution in [2.24, 2.45) is 0 Å². The Labute approximate surface area is 127 Å². The van der Waals surface area contributed by atoms with Gasteiger partial charge in [-0.05, 0) is 49.1 Å². The summed E-state index contributed by atoms with van der Waals surface area (Å²) in [6.07, 6.45) is 3.29. The molecule has 1 atom stereocenters. The van der Waals surface area contributed by atoms with E-state index in [-0.39, 0.29) is 0 Å². The Morgan fingerprint density at radius 3 is 2.45 bits per heavy atom. The van der Waals surface area contributed by atoms with Crippen molar-refractivity contribution in [2.45, 2.75) is 39.2 Å². The number of aryl methyl sites for hydroxylation is 1. The molecule has 2 aromatic carbocycles. The van der Waals surface area contributed by atoms with Crippen molar-refractivity contribution in [1.29, 1.82) is 0 Å². The molecular formula is C18H22ClN. The van der Waals surface area contributed by atoms with E-state index < -0.39 is 0 Å². The van der Waals surface area contributed by atoms with Gasteiger partial charge in [-0.3, -0.25) is 0 Å². The van der Waals surface area contributed by atoms with Crippen molar-refractivity contribution in [2.75, 3.05) is 5.32 Å². The molecule has 2 rings (SSSR count). The van der Waals surface area contributed by atoms with Gasteiger partial charge in [-0.1, -0.05) is 55.3 Å². The number of rotatable bonds is 6. The van der Waals surface area contributed by atoms with Crippen LogP contribution in [0.3, 0.4) is 0 Å². The summed E-state index contributed by atoms with van der Waals surface area (Å²) >= 11 is 5.92. The zero-order chi connectivity index (χ0) is 14.4. The molecule has 0 saturated heterocycles. The fourth-order valence-corrected chi connectivity index (χ4v) is 2.56. The minimum atomic E-state index is 0.397. The van der Waals surface area contributed by atoms with Crippen molar-refractivity contribution >= 4 is 17.3 Å². The Kier molecular flexibility index (Phi) is 5.49. The van der Waals surface area contributed by atoms with Crippen molar-refractivity contribution < 1.29 is 0 Å². The predicted octanol–water partition coefficient (Wildman–Crippen LogP) is 5.34. The summed E-state index contributed by atoms with van der Waals surface area (Å²) in [5.74, 6) is 0. The lowest BCUT2D eigenvalue weighted by atomic mass is 10.0. The van der Waals surface area contributed by atoms with Crippen LogP contribution in [0.25, 0.3) is 0 Å². The monoisotopic (exact) mass is 287 g/mol. The van der Waals surface area contributed by atoms with E-state index in [1.54, 1.807) is 0 Å². The highest BCUT2D eigenvalue weighted by Crippen LogP contribution is 2.19. The smallest absolute Gasteiger partial charge is 0.0406 e. The molecular weight excluding hydrogens is 266 g/mol. The normalized spacial score (nSPS) is 12.2. The van der Waals surface area contributed by atoms with Crippen LogP contribution < -0.4 is 5.32 Å². The van der Waals surface area contributed by atoms with Crippen molar-refractivity contribution in [3.8, 4) is 0 Å². The molecule has 0 fully saturated rings. The highest BCUT2D eigenvalue weighted by atomic mass is 35.5. The van der Waals surface area contributed by atoms with Gasteiger partial charge in [0.15, 0.2) is 0 Å². The van der Waals surface area contributed by atoms with Gasteiger partial charge in [-0.15, -0.1) is 0 Å². The molecule has 0 radical (unpaired) electrons. The Hall–Kier alpha value is -1.47. The number of nitrogens with one attached hydrogen (secondary N) is 1. The average Bonchev–Trinajstić information content (AvgIpc) is 2.44. The Morgan fingerprint density at radius 1 is 1.05 bits per heavy atom. The van der Waals surface area contributed by atoms with Gasteiger partial charge in [0.2, 0.25) is 0 Å². The molecule has 1 nitrogen and oxygen atoms in total. The number of anilines is 1. The van der Waals surface area contributed by atoms with Crippen LogP contribution in [0, 0.1) is 0 Å². The van der Waals surface area contributed by atoms with Crippen LogP contribution in [0.5, 0.6) is 0 Å². The minimum Gasteiger partial charge on any atom is -0.382 e. The van der Waals surface area contributed by atoms with E-state index in [4.69, 9.17) is 11.6 Å². The number of hydrogen-bond donors (Lipinski definition) is 1. The molecule has 0 aromatic heterocycles. The first kappa shape index (κ1) is 14.9. The maximum Gasteiger partial charge on any atom is 0.0406 e. The van der Waals surface area contributed by atoms with Crippen LogP contribution in [0.15, 0.2) is 48.5 Å². The second-order valence-electron chi connectivity index (χ2n) is 5.28. The van der Waals surface area contributed by atoms with Crippen LogP contribution in [-0.4, -0.2) is 6.04 Å². The van der Waals surface area contributed by atoms with Gasteiger partial charge in [-0.25, -0.2) is 0 Å². The number of para-hydroxylation sites is 1. The summed E-state index contributed by atoms with van der Waals surface area (Å²) in [7, 11) is 0. The third kappa shape index (κ3) is 4.28. The highest BCUT2D eigenvalue weighted by Gasteiger charge is 2.06. The Bertz CT molecular complexity index is 533. The van der Waals surface area contributed by atoms with Crippen LogP contribution in [-0.2, 0) is 12.8 Å². The van der Waals surface area contributed by atoms with E-state index in [9.17, 15) is 0 Å². The molecule has 0 aliphatic carbocycles. The van der Waals surface area contributed by atoms with E-state index in [0.29, 0.717) is 6.04 Å². The molecule has 2 heteroatoms. The summed E-state index contributed by atoms with van der Waals surface area (Å²) in [5, 5.41) is 4.42. The first-order valence-electron chi connectivity index (χ1n) is 7.28. The molecule has 1 N–H and O–H groups in total. The Balaban J connectivity index is 2.00. The number of halogens is 1. The fourth-order valence-electron chi connectivity index (χ4n) is 2.44. The number of hydrogen-bond acceptors (Lipinski definition) is 1. The van der Waals surface area contributed by atoms with Crippen LogP contribution in [0.4, 0.5) is 5.69 Å². The van der Waals surface area contributed by atoms with Gasteiger partial charge in [0.05, 0.1) is 0 Å². The van der Waals surface area contributed by atoms with Gasteiger partial charge < -0.3 is 5.32 Å². The van der Waals surface area contributed by atoms with E-state index in [1.165, 1.54) is 23.2 Å².